The Morgan fingerprint density at radius 1 is 1.07 bits per heavy atom. The van der Waals surface area contributed by atoms with E-state index in [0.717, 1.165) is 43.6 Å². The first kappa shape index (κ1) is 20.9. The lowest BCUT2D eigenvalue weighted by Gasteiger charge is -2.33. The van der Waals surface area contributed by atoms with Gasteiger partial charge in [0.05, 0.1) is 5.56 Å². The molecule has 0 aromatic heterocycles. The lowest BCUT2D eigenvalue weighted by atomic mass is 9.97. The van der Waals surface area contributed by atoms with Gasteiger partial charge in [0.1, 0.15) is 0 Å². The zero-order valence-corrected chi connectivity index (χ0v) is 17.4. The number of carbonyl (C=O) groups is 2. The van der Waals surface area contributed by atoms with E-state index in [1.165, 1.54) is 0 Å². The predicted octanol–water partition coefficient (Wildman–Crippen LogP) is 4.59. The van der Waals surface area contributed by atoms with E-state index in [2.05, 4.69) is 22.5 Å². The van der Waals surface area contributed by atoms with Gasteiger partial charge in [-0.15, -0.1) is 0 Å². The molecule has 2 N–H and O–H groups in total. The lowest BCUT2D eigenvalue weighted by molar-refractivity contribution is -0.116. The van der Waals surface area contributed by atoms with Crippen LogP contribution in [0.15, 0.2) is 48.5 Å². The second-order valence-corrected chi connectivity index (χ2v) is 7.87. The Labute approximate surface area is 173 Å². The molecule has 0 radical (unpaired) electrons. The van der Waals surface area contributed by atoms with Crippen molar-refractivity contribution < 1.29 is 9.59 Å². The molecule has 2 aromatic carbocycles. The minimum Gasteiger partial charge on any atom is -0.371 e. The highest BCUT2D eigenvalue weighted by molar-refractivity contribution is 6.02. The van der Waals surface area contributed by atoms with Crippen LogP contribution in [0.25, 0.3) is 0 Å². The van der Waals surface area contributed by atoms with Crippen molar-refractivity contribution >= 4 is 23.2 Å². The highest BCUT2D eigenvalue weighted by atomic mass is 16.2. The third kappa shape index (κ3) is 5.83. The van der Waals surface area contributed by atoms with Crippen LogP contribution in [0.3, 0.4) is 0 Å². The van der Waals surface area contributed by atoms with Crippen molar-refractivity contribution in [2.45, 2.75) is 46.1 Å². The number of carbonyl (C=O) groups excluding carboxylic acids is 2. The third-order valence-electron chi connectivity index (χ3n) is 5.42. The molecule has 1 aliphatic rings. The van der Waals surface area contributed by atoms with E-state index in [1.807, 2.05) is 49.4 Å². The first-order valence-electron chi connectivity index (χ1n) is 10.6. The molecule has 5 heteroatoms. The van der Waals surface area contributed by atoms with Crippen LogP contribution in [-0.2, 0) is 11.3 Å². The predicted molar refractivity (Wildman–Crippen MR) is 118 cm³/mol. The van der Waals surface area contributed by atoms with Gasteiger partial charge in [-0.1, -0.05) is 44.2 Å². The smallest absolute Gasteiger partial charge is 0.253 e. The normalized spacial score (nSPS) is 14.5. The van der Waals surface area contributed by atoms with Crippen LogP contribution < -0.4 is 15.5 Å². The number of piperidine rings is 1. The molecule has 3 rings (SSSR count). The summed E-state index contributed by atoms with van der Waals surface area (Å²) in [5, 5.41) is 5.94. The summed E-state index contributed by atoms with van der Waals surface area (Å²) in [7, 11) is 0. The number of anilines is 2. The first-order valence-corrected chi connectivity index (χ1v) is 10.6. The van der Waals surface area contributed by atoms with Crippen molar-refractivity contribution in [3.8, 4) is 0 Å². The van der Waals surface area contributed by atoms with Gasteiger partial charge in [-0.25, -0.2) is 0 Å². The summed E-state index contributed by atoms with van der Waals surface area (Å²) in [6, 6.07) is 15.6. The molecular formula is C24H31N3O2. The van der Waals surface area contributed by atoms with Gasteiger partial charge >= 0.3 is 0 Å². The molecule has 2 aromatic rings. The van der Waals surface area contributed by atoms with E-state index in [4.69, 9.17) is 0 Å². The van der Waals surface area contributed by atoms with E-state index in [1.54, 1.807) is 6.07 Å². The molecule has 0 bridgehead atoms. The molecular weight excluding hydrogens is 362 g/mol. The van der Waals surface area contributed by atoms with Crippen LogP contribution in [0.1, 0.15) is 55.5 Å². The van der Waals surface area contributed by atoms with Crippen LogP contribution in [0, 0.1) is 5.92 Å². The largest absolute Gasteiger partial charge is 0.371 e. The molecule has 2 amide bonds. The molecule has 5 nitrogen and oxygen atoms in total. The second kappa shape index (κ2) is 10.1. The van der Waals surface area contributed by atoms with Crippen molar-refractivity contribution in [3.63, 3.8) is 0 Å². The zero-order chi connectivity index (χ0) is 20.6. The summed E-state index contributed by atoms with van der Waals surface area (Å²) >= 11 is 0. The van der Waals surface area contributed by atoms with E-state index < -0.39 is 0 Å². The molecule has 0 unspecified atom stereocenters. The van der Waals surface area contributed by atoms with E-state index in [0.29, 0.717) is 30.1 Å². The minimum atomic E-state index is -0.117. The zero-order valence-electron chi connectivity index (χ0n) is 17.4. The fourth-order valence-corrected chi connectivity index (χ4v) is 3.64. The molecule has 1 heterocycles. The highest BCUT2D eigenvalue weighted by Gasteiger charge is 2.21. The van der Waals surface area contributed by atoms with Crippen LogP contribution in [0.4, 0.5) is 11.4 Å². The number of amides is 2. The number of benzene rings is 2. The van der Waals surface area contributed by atoms with Crippen molar-refractivity contribution in [1.29, 1.82) is 0 Å². The SMILES string of the molecule is CCCC(=O)Nc1ccc(N2CCC(C)CC2)c(C(=O)NCc2ccccc2)c1. The van der Waals surface area contributed by atoms with Gasteiger partial charge < -0.3 is 15.5 Å². The Morgan fingerprint density at radius 3 is 2.48 bits per heavy atom. The number of nitrogens with zero attached hydrogens (tertiary/aromatic N) is 1. The van der Waals surface area contributed by atoms with Crippen molar-refractivity contribution in [3.05, 3.63) is 59.7 Å². The van der Waals surface area contributed by atoms with E-state index >= 15 is 0 Å². The fraction of sp³-hybridized carbons (Fsp3) is 0.417. The molecule has 0 spiro atoms. The van der Waals surface area contributed by atoms with Gasteiger partial charge in [0.2, 0.25) is 5.91 Å². The van der Waals surface area contributed by atoms with Crippen LogP contribution in [0.2, 0.25) is 0 Å². The summed E-state index contributed by atoms with van der Waals surface area (Å²) in [6.45, 7) is 6.62. The summed E-state index contributed by atoms with van der Waals surface area (Å²) in [4.78, 5) is 27.4. The number of hydrogen-bond acceptors (Lipinski definition) is 3. The fourth-order valence-electron chi connectivity index (χ4n) is 3.64. The van der Waals surface area contributed by atoms with Gasteiger partial charge in [0.25, 0.3) is 5.91 Å². The van der Waals surface area contributed by atoms with E-state index in [9.17, 15) is 9.59 Å². The summed E-state index contributed by atoms with van der Waals surface area (Å²) in [5.74, 6) is 0.575. The Morgan fingerprint density at radius 2 is 1.79 bits per heavy atom. The topological polar surface area (TPSA) is 61.4 Å². The van der Waals surface area contributed by atoms with Crippen molar-refractivity contribution in [1.82, 2.24) is 5.32 Å². The maximum atomic E-state index is 13.1. The average Bonchev–Trinajstić information content (AvgIpc) is 2.73. The Hall–Kier alpha value is -2.82. The quantitative estimate of drug-likeness (QED) is 0.723. The van der Waals surface area contributed by atoms with Gasteiger partial charge in [0, 0.05) is 37.4 Å². The molecule has 154 valence electrons. The molecule has 1 fully saturated rings. The Balaban J connectivity index is 1.81. The number of hydrogen-bond donors (Lipinski definition) is 2. The standard InChI is InChI=1S/C24H31N3O2/c1-3-7-23(28)26-20-10-11-22(27-14-12-18(2)13-15-27)21(16-20)24(29)25-17-19-8-5-4-6-9-19/h4-6,8-11,16,18H,3,7,12-15,17H2,1-2H3,(H,25,29)(H,26,28). The molecule has 29 heavy (non-hydrogen) atoms. The first-order chi connectivity index (χ1) is 14.1. The van der Waals surface area contributed by atoms with Gasteiger partial charge in [-0.3, -0.25) is 9.59 Å². The number of nitrogens with one attached hydrogen (secondary N) is 2. The highest BCUT2D eigenvalue weighted by Crippen LogP contribution is 2.29. The maximum absolute atomic E-state index is 13.1. The third-order valence-corrected chi connectivity index (χ3v) is 5.42. The van der Waals surface area contributed by atoms with Crippen LogP contribution >= 0.6 is 0 Å². The Bertz CT molecular complexity index is 827. The molecule has 1 aliphatic heterocycles. The minimum absolute atomic E-state index is 0.0253. The van der Waals surface area contributed by atoms with Crippen molar-refractivity contribution in [2.75, 3.05) is 23.3 Å². The maximum Gasteiger partial charge on any atom is 0.253 e. The van der Waals surface area contributed by atoms with Crippen molar-refractivity contribution in [2.24, 2.45) is 5.92 Å². The van der Waals surface area contributed by atoms with E-state index in [-0.39, 0.29) is 11.8 Å². The van der Waals surface area contributed by atoms with Crippen LogP contribution in [0.5, 0.6) is 0 Å². The molecule has 0 aliphatic carbocycles. The summed E-state index contributed by atoms with van der Waals surface area (Å²) in [5.41, 5.74) is 3.28. The monoisotopic (exact) mass is 393 g/mol. The van der Waals surface area contributed by atoms with Gasteiger partial charge in [0.15, 0.2) is 0 Å². The summed E-state index contributed by atoms with van der Waals surface area (Å²) in [6.07, 6.45) is 3.52. The molecule has 0 atom stereocenters. The van der Waals surface area contributed by atoms with Gasteiger partial charge in [-0.2, -0.15) is 0 Å². The average molecular weight is 394 g/mol. The molecule has 0 saturated carbocycles. The Kier molecular flexibility index (Phi) is 7.28. The lowest BCUT2D eigenvalue weighted by Crippen LogP contribution is -2.35. The number of rotatable bonds is 7. The van der Waals surface area contributed by atoms with Gasteiger partial charge in [-0.05, 0) is 48.9 Å². The summed E-state index contributed by atoms with van der Waals surface area (Å²) < 4.78 is 0. The second-order valence-electron chi connectivity index (χ2n) is 7.87. The van der Waals surface area contributed by atoms with Crippen LogP contribution in [-0.4, -0.2) is 24.9 Å². The molecule has 1 saturated heterocycles.